The third kappa shape index (κ3) is 5.14. The number of carbonyl (C=O) groups is 2. The van der Waals surface area contributed by atoms with Gasteiger partial charge in [-0.15, -0.1) is 0 Å². The van der Waals surface area contributed by atoms with Gasteiger partial charge in [-0.3, -0.25) is 14.6 Å². The Balaban J connectivity index is 1.56. The van der Waals surface area contributed by atoms with Gasteiger partial charge in [0.25, 0.3) is 11.7 Å². The van der Waals surface area contributed by atoms with Crippen LogP contribution in [0.1, 0.15) is 61.4 Å². The van der Waals surface area contributed by atoms with Crippen LogP contribution in [-0.2, 0) is 22.6 Å². The molecule has 0 unspecified atom stereocenters. The van der Waals surface area contributed by atoms with E-state index in [9.17, 15) is 14.7 Å². The van der Waals surface area contributed by atoms with Crippen molar-refractivity contribution in [3.63, 3.8) is 0 Å². The van der Waals surface area contributed by atoms with Crippen LogP contribution in [0.2, 0.25) is 0 Å². The Morgan fingerprint density at radius 2 is 2.00 bits per heavy atom. The molecule has 1 saturated heterocycles. The lowest BCUT2D eigenvalue weighted by Gasteiger charge is -2.25. The van der Waals surface area contributed by atoms with Gasteiger partial charge in [0.2, 0.25) is 0 Å². The number of aromatic nitrogens is 1. The molecule has 0 aliphatic carbocycles. The zero-order chi connectivity index (χ0) is 26.6. The van der Waals surface area contributed by atoms with Crippen molar-refractivity contribution in [2.45, 2.75) is 58.2 Å². The Morgan fingerprint density at radius 3 is 2.79 bits per heavy atom. The molecule has 1 aromatic heterocycles. The first-order chi connectivity index (χ1) is 18.5. The molecule has 2 atom stereocenters. The second-order valence-electron chi connectivity index (χ2n) is 9.87. The molecular weight excluding hydrogens is 480 g/mol. The molecule has 0 bridgehead atoms. The number of hydrogen-bond donors (Lipinski definition) is 1. The molecule has 38 heavy (non-hydrogen) atoms. The summed E-state index contributed by atoms with van der Waals surface area (Å²) in [5.74, 6) is -0.132. The van der Waals surface area contributed by atoms with Crippen molar-refractivity contribution in [1.82, 2.24) is 9.88 Å². The van der Waals surface area contributed by atoms with E-state index in [4.69, 9.17) is 9.47 Å². The highest BCUT2D eigenvalue weighted by molar-refractivity contribution is 6.46. The summed E-state index contributed by atoms with van der Waals surface area (Å²) in [6.07, 6.45) is 7.22. The first kappa shape index (κ1) is 25.5. The molecule has 5 rings (SSSR count). The minimum atomic E-state index is -0.780. The number of nitrogens with zero attached hydrogens (tertiary/aromatic N) is 2. The summed E-state index contributed by atoms with van der Waals surface area (Å²) in [4.78, 5) is 32.5. The number of pyridine rings is 1. The first-order valence-electron chi connectivity index (χ1n) is 13.2. The number of Topliss-reactive ketones (excluding diaryl/α,β-unsaturated/α-hetero) is 1. The summed E-state index contributed by atoms with van der Waals surface area (Å²) in [6.45, 7) is 4.89. The number of hydrogen-bond acceptors (Lipinski definition) is 6. The van der Waals surface area contributed by atoms with Gasteiger partial charge < -0.3 is 19.5 Å². The van der Waals surface area contributed by atoms with Crippen LogP contribution in [0.3, 0.4) is 0 Å². The number of fused-ring (bicyclic) bond motifs is 1. The normalized spacial score (nSPS) is 19.9. The van der Waals surface area contributed by atoms with Crippen LogP contribution in [0.4, 0.5) is 0 Å². The van der Waals surface area contributed by atoms with Gasteiger partial charge in [0.1, 0.15) is 23.4 Å². The van der Waals surface area contributed by atoms with Crippen LogP contribution >= 0.6 is 0 Å². The lowest BCUT2D eigenvalue weighted by molar-refractivity contribution is -0.140. The van der Waals surface area contributed by atoms with E-state index in [-0.39, 0.29) is 24.0 Å². The van der Waals surface area contributed by atoms with Gasteiger partial charge in [-0.1, -0.05) is 38.0 Å². The zero-order valence-corrected chi connectivity index (χ0v) is 21.7. The number of carbonyl (C=O) groups excluding carboxylic acids is 2. The van der Waals surface area contributed by atoms with E-state index in [0.29, 0.717) is 29.9 Å². The van der Waals surface area contributed by atoms with Gasteiger partial charge in [-0.25, -0.2) is 0 Å². The van der Waals surface area contributed by atoms with Crippen LogP contribution in [-0.4, -0.2) is 39.4 Å². The van der Waals surface area contributed by atoms with E-state index < -0.39 is 17.7 Å². The van der Waals surface area contributed by atoms with E-state index in [1.165, 1.54) is 4.90 Å². The third-order valence-electron chi connectivity index (χ3n) is 6.98. The van der Waals surface area contributed by atoms with E-state index in [0.717, 1.165) is 36.1 Å². The summed E-state index contributed by atoms with van der Waals surface area (Å²) in [5, 5.41) is 11.5. The molecule has 0 saturated carbocycles. The molecule has 2 aliphatic rings. The highest BCUT2D eigenvalue weighted by atomic mass is 16.5. The number of benzene rings is 2. The van der Waals surface area contributed by atoms with Gasteiger partial charge in [0.05, 0.1) is 18.2 Å². The maximum Gasteiger partial charge on any atom is 0.295 e. The van der Waals surface area contributed by atoms with Crippen molar-refractivity contribution >= 4 is 17.4 Å². The third-order valence-corrected chi connectivity index (χ3v) is 6.98. The van der Waals surface area contributed by atoms with Crippen molar-refractivity contribution in [2.24, 2.45) is 0 Å². The van der Waals surface area contributed by atoms with E-state index in [1.54, 1.807) is 30.6 Å². The van der Waals surface area contributed by atoms with Crippen molar-refractivity contribution in [1.29, 1.82) is 0 Å². The van der Waals surface area contributed by atoms with Crippen LogP contribution < -0.4 is 9.47 Å². The quantitative estimate of drug-likeness (QED) is 0.174. The van der Waals surface area contributed by atoms with E-state index >= 15 is 0 Å². The van der Waals surface area contributed by atoms with Gasteiger partial charge in [0.15, 0.2) is 0 Å². The largest absolute Gasteiger partial charge is 0.507 e. The van der Waals surface area contributed by atoms with E-state index in [1.807, 2.05) is 43.3 Å². The molecule has 3 heterocycles. The number of likely N-dealkylation sites (tertiary alicyclic amines) is 1. The Bertz CT molecular complexity index is 1370. The highest BCUT2D eigenvalue weighted by Gasteiger charge is 2.46. The highest BCUT2D eigenvalue weighted by Crippen LogP contribution is 2.42. The molecule has 1 fully saturated rings. The second kappa shape index (κ2) is 11.1. The summed E-state index contributed by atoms with van der Waals surface area (Å²) in [5.41, 5.74) is 2.99. The predicted octanol–water partition coefficient (Wildman–Crippen LogP) is 5.60. The minimum absolute atomic E-state index is 0.0486. The summed E-state index contributed by atoms with van der Waals surface area (Å²) < 4.78 is 11.8. The van der Waals surface area contributed by atoms with Gasteiger partial charge >= 0.3 is 0 Å². The molecule has 0 radical (unpaired) electrons. The van der Waals surface area contributed by atoms with Crippen LogP contribution in [0, 0.1) is 0 Å². The maximum absolute atomic E-state index is 13.4. The molecule has 7 nitrogen and oxygen atoms in total. The molecule has 196 valence electrons. The molecule has 2 aliphatic heterocycles. The standard InChI is InChI=1S/C31H32N2O5/c1-3-4-5-14-37-25-10-6-9-22(17-25)28-27(29(34)23-11-12-26-24(16-23)15-20(2)38-26)30(35)31(36)33(28)19-21-8-7-13-32-18-21/h6-13,16-18,20,28,34H,3-5,14-15,19H2,1-2H3/b29-27+/t20-,28+/m0/s1. The Morgan fingerprint density at radius 1 is 1.13 bits per heavy atom. The number of aliphatic hydroxyl groups is 1. The number of aliphatic hydroxyl groups excluding tert-OH is 1. The molecule has 0 spiro atoms. The number of amides is 1. The van der Waals surface area contributed by atoms with E-state index in [2.05, 4.69) is 11.9 Å². The number of unbranched alkanes of at least 4 members (excludes halogenated alkanes) is 2. The van der Waals surface area contributed by atoms with Crippen molar-refractivity contribution in [3.05, 3.63) is 94.8 Å². The smallest absolute Gasteiger partial charge is 0.295 e. The Hall–Kier alpha value is -4.13. The van der Waals surface area contributed by atoms with Gasteiger partial charge in [0, 0.05) is 30.9 Å². The summed E-state index contributed by atoms with van der Waals surface area (Å²) >= 11 is 0. The fourth-order valence-electron chi connectivity index (χ4n) is 5.12. The number of rotatable bonds is 9. The second-order valence-corrected chi connectivity index (χ2v) is 9.87. The predicted molar refractivity (Wildman–Crippen MR) is 144 cm³/mol. The lowest BCUT2D eigenvalue weighted by Crippen LogP contribution is -2.29. The molecule has 7 heteroatoms. The Kier molecular flexibility index (Phi) is 7.45. The minimum Gasteiger partial charge on any atom is -0.507 e. The summed E-state index contributed by atoms with van der Waals surface area (Å²) in [6, 6.07) is 15.7. The molecule has 2 aromatic carbocycles. The van der Waals surface area contributed by atoms with Crippen LogP contribution in [0.15, 0.2) is 72.6 Å². The van der Waals surface area contributed by atoms with Crippen molar-refractivity contribution in [2.75, 3.05) is 6.61 Å². The van der Waals surface area contributed by atoms with Crippen LogP contribution in [0.5, 0.6) is 11.5 Å². The number of ether oxygens (including phenoxy) is 2. The SMILES string of the molecule is CCCCCOc1cccc([C@@H]2/C(=C(\O)c3ccc4c(c3)C[C@H](C)O4)C(=O)C(=O)N2Cc2cccnc2)c1. The fraction of sp³-hybridized carbons (Fsp3) is 0.323. The topological polar surface area (TPSA) is 89.0 Å². The zero-order valence-electron chi connectivity index (χ0n) is 21.7. The van der Waals surface area contributed by atoms with Gasteiger partial charge in [-0.2, -0.15) is 0 Å². The Labute approximate surface area is 222 Å². The summed E-state index contributed by atoms with van der Waals surface area (Å²) in [7, 11) is 0. The molecular formula is C31H32N2O5. The average Bonchev–Trinajstić information content (AvgIpc) is 3.42. The van der Waals surface area contributed by atoms with Crippen molar-refractivity contribution < 1.29 is 24.2 Å². The fourth-order valence-corrected chi connectivity index (χ4v) is 5.12. The number of ketones is 1. The molecule has 1 N–H and O–H groups in total. The first-order valence-corrected chi connectivity index (χ1v) is 13.2. The molecule has 3 aromatic rings. The van der Waals surface area contributed by atoms with Gasteiger partial charge in [-0.05, 0) is 66.4 Å². The lowest BCUT2D eigenvalue weighted by atomic mass is 9.94. The average molecular weight is 513 g/mol. The van der Waals surface area contributed by atoms with Crippen LogP contribution in [0.25, 0.3) is 5.76 Å². The maximum atomic E-state index is 13.4. The molecule has 1 amide bonds. The monoisotopic (exact) mass is 512 g/mol. The van der Waals surface area contributed by atoms with Crippen molar-refractivity contribution in [3.8, 4) is 11.5 Å².